The molecule has 1 unspecified atom stereocenters. The van der Waals surface area contributed by atoms with Gasteiger partial charge in [0.2, 0.25) is 5.95 Å². The van der Waals surface area contributed by atoms with Crippen LogP contribution in [0, 0.1) is 6.92 Å². The van der Waals surface area contributed by atoms with Crippen LogP contribution >= 0.6 is 11.6 Å². The number of aliphatic hydroxyl groups excluding tert-OH is 1. The molecule has 11 heteroatoms. The number of rotatable bonds is 6. The summed E-state index contributed by atoms with van der Waals surface area (Å²) in [6, 6.07) is 8.18. The molecule has 1 aliphatic rings. The molecule has 2 aromatic heterocycles. The average Bonchev–Trinajstić information content (AvgIpc) is 3.35. The molecular formula is C20H22ClN7O3. The zero-order chi connectivity index (χ0) is 22.1. The van der Waals surface area contributed by atoms with Crippen LogP contribution in [0.25, 0.3) is 5.69 Å². The van der Waals surface area contributed by atoms with Crippen molar-refractivity contribution in [1.82, 2.24) is 25.0 Å². The Morgan fingerprint density at radius 1 is 1.26 bits per heavy atom. The molecule has 31 heavy (non-hydrogen) atoms. The maximum absolute atomic E-state index is 12.2. The molecule has 0 spiro atoms. The lowest BCUT2D eigenvalue weighted by atomic mass is 10.2. The minimum absolute atomic E-state index is 0.104. The van der Waals surface area contributed by atoms with E-state index < -0.39 is 18.2 Å². The van der Waals surface area contributed by atoms with Crippen LogP contribution in [0.5, 0.6) is 0 Å². The first-order chi connectivity index (χ1) is 14.8. The second-order valence-electron chi connectivity index (χ2n) is 7.38. The number of cyclic esters (lactones) is 1. The van der Waals surface area contributed by atoms with Crippen LogP contribution in [0.15, 0.2) is 36.5 Å². The van der Waals surface area contributed by atoms with Crippen molar-refractivity contribution in [2.45, 2.75) is 39.0 Å². The molecule has 3 atom stereocenters. The van der Waals surface area contributed by atoms with Crippen LogP contribution in [-0.2, 0) is 4.74 Å². The van der Waals surface area contributed by atoms with Crippen LogP contribution in [0.4, 0.5) is 16.6 Å². The van der Waals surface area contributed by atoms with E-state index >= 15 is 0 Å². The van der Waals surface area contributed by atoms with E-state index in [1.54, 1.807) is 42.9 Å². The highest BCUT2D eigenvalue weighted by Gasteiger charge is 2.38. The van der Waals surface area contributed by atoms with Gasteiger partial charge in [-0.1, -0.05) is 16.8 Å². The van der Waals surface area contributed by atoms with Crippen molar-refractivity contribution in [1.29, 1.82) is 0 Å². The summed E-state index contributed by atoms with van der Waals surface area (Å²) in [5, 5.41) is 22.2. The van der Waals surface area contributed by atoms with Crippen LogP contribution < -0.4 is 10.2 Å². The fourth-order valence-electron chi connectivity index (χ4n) is 3.26. The van der Waals surface area contributed by atoms with Gasteiger partial charge >= 0.3 is 6.09 Å². The monoisotopic (exact) mass is 443 g/mol. The molecular weight excluding hydrogens is 422 g/mol. The van der Waals surface area contributed by atoms with Crippen molar-refractivity contribution < 1.29 is 14.6 Å². The molecule has 3 heterocycles. The van der Waals surface area contributed by atoms with Gasteiger partial charge in [0.15, 0.2) is 0 Å². The summed E-state index contributed by atoms with van der Waals surface area (Å²) < 4.78 is 6.75. The molecule has 0 radical (unpaired) electrons. The highest BCUT2D eigenvalue weighted by Crippen LogP contribution is 2.26. The van der Waals surface area contributed by atoms with Crippen LogP contribution in [0.3, 0.4) is 0 Å². The van der Waals surface area contributed by atoms with Crippen molar-refractivity contribution in [3.63, 3.8) is 0 Å². The SMILES string of the molecule is Cc1cc(N2C(=O)OCC2[C@@H](C)O)nc(N[C@@H](C)c2cn(-c3ccc(Cl)cc3)nn2)n1. The van der Waals surface area contributed by atoms with E-state index in [1.165, 1.54) is 4.90 Å². The second kappa shape index (κ2) is 8.48. The van der Waals surface area contributed by atoms with Gasteiger partial charge in [-0.05, 0) is 45.0 Å². The van der Waals surface area contributed by atoms with E-state index in [4.69, 9.17) is 16.3 Å². The average molecular weight is 444 g/mol. The van der Waals surface area contributed by atoms with Crippen LogP contribution in [-0.4, -0.2) is 54.9 Å². The Labute approximate surface area is 183 Å². The van der Waals surface area contributed by atoms with Gasteiger partial charge in [-0.15, -0.1) is 5.10 Å². The molecule has 2 N–H and O–H groups in total. The number of aliphatic hydroxyl groups is 1. The lowest BCUT2D eigenvalue weighted by Gasteiger charge is -2.23. The molecule has 162 valence electrons. The molecule has 1 aromatic carbocycles. The molecule has 0 saturated carbocycles. The zero-order valence-electron chi connectivity index (χ0n) is 17.2. The number of carbonyl (C=O) groups is 1. The van der Waals surface area contributed by atoms with Gasteiger partial charge in [0, 0.05) is 16.8 Å². The third kappa shape index (κ3) is 4.44. The topological polar surface area (TPSA) is 118 Å². The number of anilines is 2. The fourth-order valence-corrected chi connectivity index (χ4v) is 3.38. The Morgan fingerprint density at radius 2 is 2.00 bits per heavy atom. The minimum atomic E-state index is -0.764. The highest BCUT2D eigenvalue weighted by molar-refractivity contribution is 6.30. The number of nitrogens with one attached hydrogen (secondary N) is 1. The largest absolute Gasteiger partial charge is 0.447 e. The number of carbonyl (C=O) groups excluding carboxylic acids is 1. The number of aromatic nitrogens is 5. The first-order valence-corrected chi connectivity index (χ1v) is 10.1. The molecule has 0 bridgehead atoms. The molecule has 1 amide bonds. The van der Waals surface area contributed by atoms with E-state index in [-0.39, 0.29) is 12.6 Å². The Bertz CT molecular complexity index is 1090. The van der Waals surface area contributed by atoms with Crippen molar-refractivity contribution in [3.8, 4) is 5.69 Å². The highest BCUT2D eigenvalue weighted by atomic mass is 35.5. The lowest BCUT2D eigenvalue weighted by Crippen LogP contribution is -2.41. The normalized spacial score (nSPS) is 18.0. The van der Waals surface area contributed by atoms with Gasteiger partial charge in [-0.2, -0.15) is 4.98 Å². The summed E-state index contributed by atoms with van der Waals surface area (Å²) in [5.41, 5.74) is 2.18. The number of halogens is 1. The summed E-state index contributed by atoms with van der Waals surface area (Å²) in [6.45, 7) is 5.42. The van der Waals surface area contributed by atoms with Crippen molar-refractivity contribution >= 4 is 29.5 Å². The van der Waals surface area contributed by atoms with Gasteiger partial charge in [0.25, 0.3) is 0 Å². The standard InChI is InChI=1S/C20H22ClN7O3/c1-11-8-18(28-17(13(3)29)10-31-20(28)30)24-19(22-11)23-12(2)16-9-27(26-25-16)15-6-4-14(21)5-7-15/h4-9,12-13,17,29H,10H2,1-3H3,(H,22,23,24)/t12-,13+,17?/m0/s1. The van der Waals surface area contributed by atoms with Gasteiger partial charge < -0.3 is 15.2 Å². The quantitative estimate of drug-likeness (QED) is 0.597. The summed E-state index contributed by atoms with van der Waals surface area (Å²) in [7, 11) is 0. The third-order valence-corrected chi connectivity index (χ3v) is 5.19. The van der Waals surface area contributed by atoms with Gasteiger partial charge in [0.05, 0.1) is 24.0 Å². The number of ether oxygens (including phenoxy) is 1. The summed E-state index contributed by atoms with van der Waals surface area (Å²) in [4.78, 5) is 22.4. The molecule has 10 nitrogen and oxygen atoms in total. The van der Waals surface area contributed by atoms with Crippen molar-refractivity contribution in [2.24, 2.45) is 0 Å². The zero-order valence-corrected chi connectivity index (χ0v) is 18.0. The molecule has 1 saturated heterocycles. The molecule has 0 aliphatic carbocycles. The molecule has 1 fully saturated rings. The Hall–Kier alpha value is -3.24. The predicted octanol–water partition coefficient (Wildman–Crippen LogP) is 2.90. The van der Waals surface area contributed by atoms with Gasteiger partial charge in [-0.25, -0.2) is 14.5 Å². The Balaban J connectivity index is 1.54. The maximum Gasteiger partial charge on any atom is 0.416 e. The van der Waals surface area contributed by atoms with E-state index in [0.29, 0.717) is 28.2 Å². The van der Waals surface area contributed by atoms with Crippen molar-refractivity contribution in [3.05, 3.63) is 52.9 Å². The maximum atomic E-state index is 12.2. The fraction of sp³-hybridized carbons (Fsp3) is 0.350. The number of nitrogens with zero attached hydrogens (tertiary/aromatic N) is 6. The Kier molecular flexibility index (Phi) is 5.75. The first-order valence-electron chi connectivity index (χ1n) is 9.76. The number of hydrogen-bond acceptors (Lipinski definition) is 8. The molecule has 3 aromatic rings. The Morgan fingerprint density at radius 3 is 2.71 bits per heavy atom. The summed E-state index contributed by atoms with van der Waals surface area (Å²) >= 11 is 5.94. The lowest BCUT2D eigenvalue weighted by molar-refractivity contribution is 0.142. The second-order valence-corrected chi connectivity index (χ2v) is 7.81. The molecule has 1 aliphatic heterocycles. The number of hydrogen-bond donors (Lipinski definition) is 2. The summed E-state index contributed by atoms with van der Waals surface area (Å²) in [5.74, 6) is 0.688. The number of aryl methyl sites for hydroxylation is 1. The van der Waals surface area contributed by atoms with Gasteiger partial charge in [-0.3, -0.25) is 4.90 Å². The smallest absolute Gasteiger partial charge is 0.416 e. The van der Waals surface area contributed by atoms with Gasteiger partial charge in [0.1, 0.15) is 24.2 Å². The van der Waals surface area contributed by atoms with Crippen molar-refractivity contribution in [2.75, 3.05) is 16.8 Å². The van der Waals surface area contributed by atoms with E-state index in [2.05, 4.69) is 25.6 Å². The molecule has 4 rings (SSSR count). The van der Waals surface area contributed by atoms with Crippen LogP contribution in [0.1, 0.15) is 31.3 Å². The number of amides is 1. The minimum Gasteiger partial charge on any atom is -0.447 e. The first kappa shape index (κ1) is 21.0. The van der Waals surface area contributed by atoms with Crippen LogP contribution in [0.2, 0.25) is 5.02 Å². The van der Waals surface area contributed by atoms with E-state index in [0.717, 1.165) is 5.69 Å². The third-order valence-electron chi connectivity index (χ3n) is 4.94. The number of benzene rings is 1. The predicted molar refractivity (Wildman–Crippen MR) is 114 cm³/mol. The van der Waals surface area contributed by atoms with E-state index in [9.17, 15) is 9.90 Å². The van der Waals surface area contributed by atoms with E-state index in [1.807, 2.05) is 19.1 Å². The summed E-state index contributed by atoms with van der Waals surface area (Å²) in [6.07, 6.45) is 0.493.